The summed E-state index contributed by atoms with van der Waals surface area (Å²) in [6.07, 6.45) is 3.96. The molecule has 0 radical (unpaired) electrons. The molecule has 0 unspecified atom stereocenters. The van der Waals surface area contributed by atoms with Crippen molar-refractivity contribution in [2.45, 2.75) is 32.4 Å². The summed E-state index contributed by atoms with van der Waals surface area (Å²) >= 11 is 0. The molecule has 1 fully saturated rings. The Morgan fingerprint density at radius 2 is 1.79 bits per heavy atom. The molecule has 1 amide bonds. The minimum absolute atomic E-state index is 0.143. The molecule has 1 heterocycles. The molecular weight excluding hydrogens is 358 g/mol. The van der Waals surface area contributed by atoms with Crippen molar-refractivity contribution >= 4 is 11.6 Å². The first kappa shape index (κ1) is 19.8. The lowest BCUT2D eigenvalue weighted by Crippen LogP contribution is -3.11. The maximum Gasteiger partial charge on any atom is 0.270 e. The molecular formula is C21H26N3O4+. The van der Waals surface area contributed by atoms with E-state index in [1.54, 1.807) is 4.90 Å². The Bertz CT molecular complexity index is 830. The van der Waals surface area contributed by atoms with Gasteiger partial charge in [0.1, 0.15) is 12.3 Å². The van der Waals surface area contributed by atoms with Gasteiger partial charge in [-0.1, -0.05) is 24.3 Å². The molecule has 7 heteroatoms. The highest BCUT2D eigenvalue weighted by Gasteiger charge is 2.17. The topological polar surface area (TPSA) is 85.9 Å². The van der Waals surface area contributed by atoms with Gasteiger partial charge in [-0.3, -0.25) is 14.9 Å². The van der Waals surface area contributed by atoms with E-state index in [4.69, 9.17) is 4.74 Å². The number of likely N-dealkylation sites (tertiary alicyclic amines) is 1. The predicted octanol–water partition coefficient (Wildman–Crippen LogP) is 2.10. The average Bonchev–Trinajstić information content (AvgIpc) is 2.73. The van der Waals surface area contributed by atoms with Crippen LogP contribution in [0.1, 0.15) is 40.7 Å². The smallest absolute Gasteiger partial charge is 0.270 e. The number of nitro groups is 1. The van der Waals surface area contributed by atoms with Gasteiger partial charge in [0.15, 0.2) is 0 Å². The van der Waals surface area contributed by atoms with Crippen LogP contribution in [0.25, 0.3) is 0 Å². The molecule has 3 rings (SSSR count). The number of nitrogens with zero attached hydrogens (tertiary/aromatic N) is 1. The van der Waals surface area contributed by atoms with E-state index in [0.29, 0.717) is 12.3 Å². The van der Waals surface area contributed by atoms with Gasteiger partial charge in [0.25, 0.3) is 11.6 Å². The SMILES string of the molecule is COc1ccc([N+](=O)[O-])cc1C(=O)NCc1ccc(C[NH+]2CCCCC2)cc1. The van der Waals surface area contributed by atoms with Crippen molar-refractivity contribution in [3.8, 4) is 5.75 Å². The Balaban J connectivity index is 1.60. The molecule has 0 atom stereocenters. The van der Waals surface area contributed by atoms with Crippen molar-refractivity contribution in [1.29, 1.82) is 0 Å². The number of carbonyl (C=O) groups is 1. The zero-order valence-corrected chi connectivity index (χ0v) is 16.1. The van der Waals surface area contributed by atoms with E-state index in [1.165, 1.54) is 63.2 Å². The fourth-order valence-electron chi connectivity index (χ4n) is 3.56. The summed E-state index contributed by atoms with van der Waals surface area (Å²) in [6, 6.07) is 12.2. The first-order valence-electron chi connectivity index (χ1n) is 9.59. The largest absolute Gasteiger partial charge is 0.496 e. The number of carbonyl (C=O) groups excluding carboxylic acids is 1. The monoisotopic (exact) mass is 384 g/mol. The van der Waals surface area contributed by atoms with Crippen LogP contribution in [0.15, 0.2) is 42.5 Å². The maximum atomic E-state index is 12.5. The lowest BCUT2D eigenvalue weighted by Gasteiger charge is -2.23. The van der Waals surface area contributed by atoms with Crippen molar-refractivity contribution in [2.24, 2.45) is 0 Å². The number of nitro benzene ring substituents is 1. The Kier molecular flexibility index (Phi) is 6.60. The number of methoxy groups -OCH3 is 1. The molecule has 0 bridgehead atoms. The van der Waals surface area contributed by atoms with E-state index >= 15 is 0 Å². The van der Waals surface area contributed by atoms with Gasteiger partial charge in [-0.05, 0) is 30.9 Å². The van der Waals surface area contributed by atoms with Crippen molar-refractivity contribution in [1.82, 2.24) is 5.32 Å². The van der Waals surface area contributed by atoms with E-state index in [1.807, 2.05) is 12.1 Å². The quantitative estimate of drug-likeness (QED) is 0.565. The Morgan fingerprint density at radius 3 is 2.43 bits per heavy atom. The van der Waals surface area contributed by atoms with Gasteiger partial charge in [-0.2, -0.15) is 0 Å². The average molecular weight is 384 g/mol. The van der Waals surface area contributed by atoms with Crippen molar-refractivity contribution in [3.63, 3.8) is 0 Å². The number of rotatable bonds is 7. The number of benzene rings is 2. The summed E-state index contributed by atoms with van der Waals surface area (Å²) in [7, 11) is 1.43. The number of piperidine rings is 1. The minimum Gasteiger partial charge on any atom is -0.496 e. The van der Waals surface area contributed by atoms with Crippen LogP contribution < -0.4 is 15.0 Å². The van der Waals surface area contributed by atoms with E-state index in [2.05, 4.69) is 17.4 Å². The van der Waals surface area contributed by atoms with Gasteiger partial charge in [-0.25, -0.2) is 0 Å². The Hall–Kier alpha value is -2.93. The third kappa shape index (κ3) is 5.07. The number of hydrogen-bond donors (Lipinski definition) is 2. The second-order valence-electron chi connectivity index (χ2n) is 7.13. The standard InChI is InChI=1S/C21H25N3O4/c1-28-20-10-9-18(24(26)27)13-19(20)21(25)22-14-16-5-7-17(8-6-16)15-23-11-3-2-4-12-23/h5-10,13H,2-4,11-12,14-15H2,1H3,(H,22,25)/p+1. The Morgan fingerprint density at radius 1 is 1.11 bits per heavy atom. The lowest BCUT2D eigenvalue weighted by molar-refractivity contribution is -0.918. The maximum absolute atomic E-state index is 12.5. The van der Waals surface area contributed by atoms with Crippen LogP contribution in [-0.4, -0.2) is 31.0 Å². The molecule has 0 aromatic heterocycles. The first-order valence-corrected chi connectivity index (χ1v) is 9.59. The molecule has 148 valence electrons. The molecule has 0 aliphatic carbocycles. The molecule has 1 saturated heterocycles. The van der Waals surface area contributed by atoms with Gasteiger partial charge in [-0.15, -0.1) is 0 Å². The zero-order chi connectivity index (χ0) is 19.9. The summed E-state index contributed by atoms with van der Waals surface area (Å²) in [4.78, 5) is 24.5. The highest BCUT2D eigenvalue weighted by molar-refractivity contribution is 5.97. The van der Waals surface area contributed by atoms with E-state index in [-0.39, 0.29) is 11.3 Å². The van der Waals surface area contributed by atoms with Crippen LogP contribution in [0, 0.1) is 10.1 Å². The molecule has 1 aliphatic rings. The van der Waals surface area contributed by atoms with Crippen LogP contribution in [0.5, 0.6) is 5.75 Å². The number of non-ortho nitro benzene ring substituents is 1. The third-order valence-electron chi connectivity index (χ3n) is 5.13. The molecule has 2 aromatic rings. The second-order valence-corrected chi connectivity index (χ2v) is 7.13. The predicted molar refractivity (Wildman–Crippen MR) is 106 cm³/mol. The van der Waals surface area contributed by atoms with E-state index in [9.17, 15) is 14.9 Å². The number of ether oxygens (including phenoxy) is 1. The summed E-state index contributed by atoms with van der Waals surface area (Å²) in [5, 5.41) is 13.8. The van der Waals surface area contributed by atoms with Gasteiger partial charge < -0.3 is 15.0 Å². The van der Waals surface area contributed by atoms with Crippen LogP contribution in [0.3, 0.4) is 0 Å². The molecule has 2 aromatic carbocycles. The lowest BCUT2D eigenvalue weighted by atomic mass is 10.1. The number of quaternary nitrogens is 1. The summed E-state index contributed by atoms with van der Waals surface area (Å²) < 4.78 is 5.16. The summed E-state index contributed by atoms with van der Waals surface area (Å²) in [6.45, 7) is 3.87. The van der Waals surface area contributed by atoms with Crippen LogP contribution in [0.4, 0.5) is 5.69 Å². The van der Waals surface area contributed by atoms with Crippen LogP contribution in [-0.2, 0) is 13.1 Å². The number of nitrogens with one attached hydrogen (secondary N) is 2. The third-order valence-corrected chi connectivity index (χ3v) is 5.13. The van der Waals surface area contributed by atoms with Crippen molar-refractivity contribution in [2.75, 3.05) is 20.2 Å². The molecule has 2 N–H and O–H groups in total. The zero-order valence-electron chi connectivity index (χ0n) is 16.1. The molecule has 28 heavy (non-hydrogen) atoms. The molecule has 0 saturated carbocycles. The summed E-state index contributed by atoms with van der Waals surface area (Å²) in [5.74, 6) is -0.0923. The molecule has 0 spiro atoms. The van der Waals surface area contributed by atoms with Gasteiger partial charge >= 0.3 is 0 Å². The molecule has 7 nitrogen and oxygen atoms in total. The normalized spacial score (nSPS) is 14.5. The minimum atomic E-state index is -0.528. The summed E-state index contributed by atoms with van der Waals surface area (Å²) in [5.41, 5.74) is 2.29. The highest BCUT2D eigenvalue weighted by Crippen LogP contribution is 2.24. The first-order chi connectivity index (χ1) is 13.6. The fourth-order valence-corrected chi connectivity index (χ4v) is 3.56. The van der Waals surface area contributed by atoms with Crippen molar-refractivity contribution < 1.29 is 19.4 Å². The fraction of sp³-hybridized carbons (Fsp3) is 0.381. The van der Waals surface area contributed by atoms with Gasteiger partial charge in [0, 0.05) is 24.2 Å². The van der Waals surface area contributed by atoms with E-state index in [0.717, 1.165) is 12.1 Å². The van der Waals surface area contributed by atoms with Crippen LogP contribution in [0.2, 0.25) is 0 Å². The Labute approximate surface area is 164 Å². The molecule has 1 aliphatic heterocycles. The van der Waals surface area contributed by atoms with Gasteiger partial charge in [0.2, 0.25) is 0 Å². The van der Waals surface area contributed by atoms with E-state index < -0.39 is 10.8 Å². The van der Waals surface area contributed by atoms with Crippen LogP contribution >= 0.6 is 0 Å². The highest BCUT2D eigenvalue weighted by atomic mass is 16.6. The van der Waals surface area contributed by atoms with Crippen molar-refractivity contribution in [3.05, 3.63) is 69.3 Å². The second kappa shape index (κ2) is 9.32. The van der Waals surface area contributed by atoms with Gasteiger partial charge in [0.05, 0.1) is 30.7 Å². The number of amides is 1. The number of hydrogen-bond acceptors (Lipinski definition) is 4.